The molecule has 106 valence electrons. The van der Waals surface area contributed by atoms with Crippen molar-refractivity contribution in [3.8, 4) is 0 Å². The van der Waals surface area contributed by atoms with Gasteiger partial charge >= 0.3 is 0 Å². The Balaban J connectivity index is 2.15. The van der Waals surface area contributed by atoms with Crippen LogP contribution in [0.4, 0.5) is 14.5 Å². The standard InChI is InChI=1S/C11H13ClF2N2O2S/c12-9-4-7(13)5-10(14)11(9)16-19(17,18)6-8-2-1-3-15-8/h4-5,8,15-16H,1-3,6H2. The van der Waals surface area contributed by atoms with E-state index in [0.29, 0.717) is 6.07 Å². The summed E-state index contributed by atoms with van der Waals surface area (Å²) in [7, 11) is -3.74. The fourth-order valence-electron chi connectivity index (χ4n) is 2.00. The average Bonchev–Trinajstić information content (AvgIpc) is 2.75. The Morgan fingerprint density at radius 3 is 2.74 bits per heavy atom. The van der Waals surface area contributed by atoms with E-state index in [-0.39, 0.29) is 16.8 Å². The molecule has 1 unspecified atom stereocenters. The number of anilines is 1. The van der Waals surface area contributed by atoms with Crippen LogP contribution in [0.25, 0.3) is 0 Å². The van der Waals surface area contributed by atoms with Crippen LogP contribution in [0.1, 0.15) is 12.8 Å². The summed E-state index contributed by atoms with van der Waals surface area (Å²) in [5.74, 6) is -2.06. The van der Waals surface area contributed by atoms with Crippen LogP contribution in [0.15, 0.2) is 12.1 Å². The van der Waals surface area contributed by atoms with Crippen molar-refractivity contribution in [2.45, 2.75) is 18.9 Å². The maximum atomic E-state index is 13.5. The summed E-state index contributed by atoms with van der Waals surface area (Å²) in [4.78, 5) is 0. The van der Waals surface area contributed by atoms with Gasteiger partial charge < -0.3 is 5.32 Å². The molecule has 1 saturated heterocycles. The van der Waals surface area contributed by atoms with Crippen molar-refractivity contribution in [2.24, 2.45) is 0 Å². The fourth-order valence-corrected chi connectivity index (χ4v) is 3.71. The molecule has 0 aromatic heterocycles. The van der Waals surface area contributed by atoms with E-state index in [1.807, 2.05) is 0 Å². The number of rotatable bonds is 4. The van der Waals surface area contributed by atoms with E-state index in [4.69, 9.17) is 11.6 Å². The van der Waals surface area contributed by atoms with Gasteiger partial charge in [0.2, 0.25) is 10.0 Å². The molecule has 1 aromatic rings. The summed E-state index contributed by atoms with van der Waals surface area (Å²) in [6.45, 7) is 0.770. The minimum absolute atomic E-state index is 0.153. The van der Waals surface area contributed by atoms with Gasteiger partial charge in [-0.25, -0.2) is 17.2 Å². The molecule has 0 aliphatic carbocycles. The van der Waals surface area contributed by atoms with Crippen LogP contribution >= 0.6 is 11.6 Å². The summed E-state index contributed by atoms with van der Waals surface area (Å²) in [6.07, 6.45) is 1.66. The Hall–Kier alpha value is -0.920. The summed E-state index contributed by atoms with van der Waals surface area (Å²) < 4.78 is 52.2. The van der Waals surface area contributed by atoms with Crippen molar-refractivity contribution in [3.05, 3.63) is 28.8 Å². The van der Waals surface area contributed by atoms with Crippen molar-refractivity contribution >= 4 is 27.3 Å². The van der Waals surface area contributed by atoms with Gasteiger partial charge in [-0.2, -0.15) is 0 Å². The highest BCUT2D eigenvalue weighted by molar-refractivity contribution is 7.92. The molecule has 4 nitrogen and oxygen atoms in total. The second-order valence-corrected chi connectivity index (χ2v) is 6.60. The van der Waals surface area contributed by atoms with E-state index in [1.54, 1.807) is 0 Å². The van der Waals surface area contributed by atoms with Crippen LogP contribution in [0.5, 0.6) is 0 Å². The Bertz CT molecular complexity index is 551. The van der Waals surface area contributed by atoms with Gasteiger partial charge in [-0.05, 0) is 25.5 Å². The molecule has 0 spiro atoms. The van der Waals surface area contributed by atoms with Crippen LogP contribution in [0, 0.1) is 11.6 Å². The summed E-state index contributed by atoms with van der Waals surface area (Å²) >= 11 is 5.63. The normalized spacial score (nSPS) is 19.6. The largest absolute Gasteiger partial charge is 0.313 e. The van der Waals surface area contributed by atoms with E-state index < -0.39 is 27.3 Å². The maximum absolute atomic E-state index is 13.5. The van der Waals surface area contributed by atoms with Gasteiger partial charge in [0.15, 0.2) is 5.82 Å². The second kappa shape index (κ2) is 5.60. The Morgan fingerprint density at radius 2 is 2.16 bits per heavy atom. The number of nitrogens with one attached hydrogen (secondary N) is 2. The monoisotopic (exact) mass is 310 g/mol. The van der Waals surface area contributed by atoms with Gasteiger partial charge in [0.1, 0.15) is 11.5 Å². The fraction of sp³-hybridized carbons (Fsp3) is 0.455. The molecule has 1 fully saturated rings. The quantitative estimate of drug-likeness (QED) is 0.895. The zero-order valence-electron chi connectivity index (χ0n) is 9.92. The predicted octanol–water partition coefficient (Wildman–Crippen LogP) is 2.11. The first-order valence-electron chi connectivity index (χ1n) is 5.76. The molecule has 1 heterocycles. The third kappa shape index (κ3) is 3.77. The van der Waals surface area contributed by atoms with Crippen LogP contribution in [0.3, 0.4) is 0 Å². The molecule has 1 atom stereocenters. The van der Waals surface area contributed by atoms with E-state index in [0.717, 1.165) is 25.5 Å². The number of hydrogen-bond acceptors (Lipinski definition) is 3. The predicted molar refractivity (Wildman–Crippen MR) is 69.8 cm³/mol. The smallest absolute Gasteiger partial charge is 0.234 e. The summed E-state index contributed by atoms with van der Waals surface area (Å²) in [5.41, 5.74) is -0.416. The first-order valence-corrected chi connectivity index (χ1v) is 7.79. The SMILES string of the molecule is O=S(=O)(CC1CCCN1)Nc1c(F)cc(F)cc1Cl. The Morgan fingerprint density at radius 1 is 1.42 bits per heavy atom. The zero-order chi connectivity index (χ0) is 14.0. The highest BCUT2D eigenvalue weighted by atomic mass is 35.5. The lowest BCUT2D eigenvalue weighted by molar-refractivity contribution is 0.575. The van der Waals surface area contributed by atoms with Crippen molar-refractivity contribution < 1.29 is 17.2 Å². The van der Waals surface area contributed by atoms with Gasteiger partial charge in [-0.15, -0.1) is 0 Å². The molecule has 2 N–H and O–H groups in total. The Kier molecular flexibility index (Phi) is 4.27. The van der Waals surface area contributed by atoms with E-state index >= 15 is 0 Å². The maximum Gasteiger partial charge on any atom is 0.234 e. The van der Waals surface area contributed by atoms with Crippen molar-refractivity contribution in [1.82, 2.24) is 5.32 Å². The highest BCUT2D eigenvalue weighted by Gasteiger charge is 2.24. The topological polar surface area (TPSA) is 58.2 Å². The minimum atomic E-state index is -3.74. The lowest BCUT2D eigenvalue weighted by Crippen LogP contribution is -2.33. The minimum Gasteiger partial charge on any atom is -0.313 e. The van der Waals surface area contributed by atoms with Gasteiger partial charge in [0.25, 0.3) is 0 Å². The molecule has 1 aliphatic heterocycles. The molecule has 8 heteroatoms. The van der Waals surface area contributed by atoms with E-state index in [1.165, 1.54) is 0 Å². The Labute approximate surface area is 115 Å². The van der Waals surface area contributed by atoms with Gasteiger partial charge in [0.05, 0.1) is 10.8 Å². The molecule has 0 bridgehead atoms. The highest BCUT2D eigenvalue weighted by Crippen LogP contribution is 2.27. The molecule has 1 aromatic carbocycles. The molecule has 2 rings (SSSR count). The first kappa shape index (κ1) is 14.5. The van der Waals surface area contributed by atoms with Crippen LogP contribution in [-0.2, 0) is 10.0 Å². The number of sulfonamides is 1. The molecule has 1 aliphatic rings. The molecule has 0 saturated carbocycles. The van der Waals surface area contributed by atoms with Gasteiger partial charge in [-0.1, -0.05) is 11.6 Å². The van der Waals surface area contributed by atoms with Gasteiger partial charge in [-0.3, -0.25) is 4.72 Å². The number of hydrogen-bond donors (Lipinski definition) is 2. The average molecular weight is 311 g/mol. The first-order chi connectivity index (χ1) is 8.87. The number of benzene rings is 1. The van der Waals surface area contributed by atoms with E-state index in [2.05, 4.69) is 10.0 Å². The second-order valence-electron chi connectivity index (χ2n) is 4.42. The molecular formula is C11H13ClF2N2O2S. The molecule has 0 radical (unpaired) electrons. The van der Waals surface area contributed by atoms with Crippen LogP contribution in [0.2, 0.25) is 5.02 Å². The summed E-state index contributed by atoms with van der Waals surface area (Å²) in [6, 6.07) is 1.29. The van der Waals surface area contributed by atoms with Crippen LogP contribution < -0.4 is 10.0 Å². The third-order valence-electron chi connectivity index (χ3n) is 2.85. The lowest BCUT2D eigenvalue weighted by Gasteiger charge is -2.14. The van der Waals surface area contributed by atoms with Crippen molar-refractivity contribution in [1.29, 1.82) is 0 Å². The van der Waals surface area contributed by atoms with Crippen molar-refractivity contribution in [3.63, 3.8) is 0 Å². The zero-order valence-corrected chi connectivity index (χ0v) is 11.5. The molecule has 0 amide bonds. The van der Waals surface area contributed by atoms with Gasteiger partial charge in [0, 0.05) is 12.1 Å². The third-order valence-corrected chi connectivity index (χ3v) is 4.50. The lowest BCUT2D eigenvalue weighted by atomic mass is 10.3. The van der Waals surface area contributed by atoms with Crippen molar-refractivity contribution in [2.75, 3.05) is 17.0 Å². The number of halogens is 3. The summed E-state index contributed by atoms with van der Waals surface area (Å²) in [5, 5.41) is 2.73. The molecule has 19 heavy (non-hydrogen) atoms. The van der Waals surface area contributed by atoms with Crippen LogP contribution in [-0.4, -0.2) is 26.8 Å². The van der Waals surface area contributed by atoms with E-state index in [9.17, 15) is 17.2 Å². The molecular weight excluding hydrogens is 298 g/mol.